The average molecular weight is 222 g/mol. The van der Waals surface area contributed by atoms with Crippen molar-refractivity contribution in [3.63, 3.8) is 0 Å². The molecule has 1 aromatic rings. The number of alkyl halides is 2. The van der Waals surface area contributed by atoms with Gasteiger partial charge in [0.1, 0.15) is 5.69 Å². The van der Waals surface area contributed by atoms with E-state index in [1.807, 2.05) is 0 Å². The number of nitriles is 1. The molecule has 0 radical (unpaired) electrons. The van der Waals surface area contributed by atoms with Gasteiger partial charge in [-0.25, -0.2) is 8.78 Å². The molecular weight excluding hydrogens is 210 g/mol. The Hall–Kier alpha value is -1.50. The van der Waals surface area contributed by atoms with E-state index in [0.29, 0.717) is 5.92 Å². The Balaban J connectivity index is 2.09. The van der Waals surface area contributed by atoms with Crippen LogP contribution in [0.25, 0.3) is 0 Å². The summed E-state index contributed by atoms with van der Waals surface area (Å²) in [5, 5.41) is 9.01. The van der Waals surface area contributed by atoms with Crippen molar-refractivity contribution in [2.45, 2.75) is 31.6 Å². The molecule has 1 heterocycles. The molecule has 1 fully saturated rings. The van der Waals surface area contributed by atoms with Crippen LogP contribution in [0.2, 0.25) is 0 Å². The third-order valence-corrected chi connectivity index (χ3v) is 2.86. The van der Waals surface area contributed by atoms with Gasteiger partial charge in [-0.05, 0) is 24.0 Å². The smallest absolute Gasteiger partial charge is 0.255 e. The van der Waals surface area contributed by atoms with Gasteiger partial charge in [-0.1, -0.05) is 18.9 Å². The second-order valence-electron chi connectivity index (χ2n) is 4.18. The van der Waals surface area contributed by atoms with Gasteiger partial charge in [0.2, 0.25) is 0 Å². The van der Waals surface area contributed by atoms with Crippen molar-refractivity contribution in [2.24, 2.45) is 5.92 Å². The fourth-order valence-electron chi connectivity index (χ4n) is 1.70. The number of hydrogen-bond acceptors (Lipinski definition) is 2. The molecule has 1 aromatic heterocycles. The van der Waals surface area contributed by atoms with E-state index in [2.05, 4.69) is 11.1 Å². The maximum absolute atomic E-state index is 12.3. The minimum Gasteiger partial charge on any atom is -0.255 e. The molecule has 4 heteroatoms. The number of pyridine rings is 1. The molecule has 1 atom stereocenters. The number of halogens is 2. The highest BCUT2D eigenvalue weighted by Gasteiger charge is 2.26. The number of hydrogen-bond donors (Lipinski definition) is 0. The van der Waals surface area contributed by atoms with Gasteiger partial charge in [0, 0.05) is 6.20 Å². The predicted octanol–water partition coefficient (Wildman–Crippen LogP) is 3.43. The third kappa shape index (κ3) is 2.54. The lowest BCUT2D eigenvalue weighted by atomic mass is 9.96. The summed E-state index contributed by atoms with van der Waals surface area (Å²) in [5.74, 6) is 0.436. The van der Waals surface area contributed by atoms with Gasteiger partial charge in [0.25, 0.3) is 6.43 Å². The van der Waals surface area contributed by atoms with Gasteiger partial charge in [0.05, 0.1) is 12.0 Å². The summed E-state index contributed by atoms with van der Waals surface area (Å²) in [7, 11) is 0. The Morgan fingerprint density at radius 1 is 1.44 bits per heavy atom. The standard InChI is InChI=1S/C12H12F2N2/c13-12(14)11-4-3-9(7-16-11)10(6-15)5-8-1-2-8/h3-4,7-8,10,12H,1-2,5H2/t10-/m1/s1. The largest absolute Gasteiger partial charge is 0.280 e. The van der Waals surface area contributed by atoms with Crippen LogP contribution in [0.3, 0.4) is 0 Å². The Labute approximate surface area is 92.9 Å². The molecule has 2 nitrogen and oxygen atoms in total. The van der Waals surface area contributed by atoms with E-state index in [-0.39, 0.29) is 11.6 Å². The van der Waals surface area contributed by atoms with E-state index in [1.165, 1.54) is 25.1 Å². The topological polar surface area (TPSA) is 36.7 Å². The van der Waals surface area contributed by atoms with Crippen LogP contribution in [0.4, 0.5) is 8.78 Å². The molecule has 1 aliphatic carbocycles. The summed E-state index contributed by atoms with van der Waals surface area (Å²) in [6.45, 7) is 0. The summed E-state index contributed by atoms with van der Waals surface area (Å²) in [4.78, 5) is 3.67. The maximum atomic E-state index is 12.3. The second kappa shape index (κ2) is 4.56. The van der Waals surface area contributed by atoms with E-state index in [1.54, 1.807) is 6.07 Å². The van der Waals surface area contributed by atoms with Gasteiger partial charge in [0.15, 0.2) is 0 Å². The first-order valence-corrected chi connectivity index (χ1v) is 5.34. The summed E-state index contributed by atoms with van der Waals surface area (Å²) < 4.78 is 24.5. The van der Waals surface area contributed by atoms with Crippen LogP contribution in [0.1, 0.15) is 42.9 Å². The van der Waals surface area contributed by atoms with Crippen LogP contribution in [-0.2, 0) is 0 Å². The zero-order valence-corrected chi connectivity index (χ0v) is 8.74. The van der Waals surface area contributed by atoms with Crippen molar-refractivity contribution < 1.29 is 8.78 Å². The molecule has 0 aliphatic heterocycles. The molecule has 1 saturated carbocycles. The highest BCUT2D eigenvalue weighted by molar-refractivity contribution is 5.24. The van der Waals surface area contributed by atoms with Crippen molar-refractivity contribution in [3.05, 3.63) is 29.6 Å². The van der Waals surface area contributed by atoms with Crippen LogP contribution in [0.15, 0.2) is 18.3 Å². The monoisotopic (exact) mass is 222 g/mol. The molecule has 16 heavy (non-hydrogen) atoms. The molecule has 0 spiro atoms. The molecule has 0 N–H and O–H groups in total. The highest BCUT2D eigenvalue weighted by Crippen LogP contribution is 2.38. The lowest BCUT2D eigenvalue weighted by Gasteiger charge is -2.08. The lowest BCUT2D eigenvalue weighted by Crippen LogP contribution is -1.99. The van der Waals surface area contributed by atoms with E-state index < -0.39 is 6.43 Å². The molecule has 0 bridgehead atoms. The SMILES string of the molecule is N#C[C@@H](CC1CC1)c1ccc(C(F)F)nc1. The number of nitrogens with zero attached hydrogens (tertiary/aromatic N) is 2. The molecule has 0 saturated heterocycles. The summed E-state index contributed by atoms with van der Waals surface area (Å²) in [6.07, 6.45) is 2.05. The number of aromatic nitrogens is 1. The minimum atomic E-state index is -2.54. The van der Waals surface area contributed by atoms with Crippen LogP contribution >= 0.6 is 0 Å². The summed E-state index contributed by atoms with van der Waals surface area (Å²) in [6, 6.07) is 5.10. The zero-order chi connectivity index (χ0) is 11.5. The number of rotatable bonds is 4. The maximum Gasteiger partial charge on any atom is 0.280 e. The van der Waals surface area contributed by atoms with Gasteiger partial charge in [-0.15, -0.1) is 0 Å². The minimum absolute atomic E-state index is 0.202. The van der Waals surface area contributed by atoms with Gasteiger partial charge < -0.3 is 0 Å². The van der Waals surface area contributed by atoms with Crippen LogP contribution in [-0.4, -0.2) is 4.98 Å². The van der Waals surface area contributed by atoms with Crippen molar-refractivity contribution in [2.75, 3.05) is 0 Å². The Morgan fingerprint density at radius 3 is 2.62 bits per heavy atom. The normalized spacial score (nSPS) is 17.1. The van der Waals surface area contributed by atoms with E-state index in [9.17, 15) is 8.78 Å². The van der Waals surface area contributed by atoms with Gasteiger partial charge >= 0.3 is 0 Å². The Morgan fingerprint density at radius 2 is 2.19 bits per heavy atom. The Bertz CT molecular complexity index is 390. The van der Waals surface area contributed by atoms with Crippen LogP contribution in [0, 0.1) is 17.2 Å². The fraction of sp³-hybridized carbons (Fsp3) is 0.500. The molecule has 0 amide bonds. The molecule has 2 rings (SSSR count). The van der Waals surface area contributed by atoms with Crippen molar-refractivity contribution >= 4 is 0 Å². The van der Waals surface area contributed by atoms with Crippen LogP contribution in [0.5, 0.6) is 0 Å². The van der Waals surface area contributed by atoms with E-state index in [4.69, 9.17) is 5.26 Å². The van der Waals surface area contributed by atoms with Gasteiger partial charge in [-0.2, -0.15) is 5.26 Å². The average Bonchev–Trinajstić information content (AvgIpc) is 3.10. The van der Waals surface area contributed by atoms with Crippen molar-refractivity contribution in [1.82, 2.24) is 4.98 Å². The molecule has 0 unspecified atom stereocenters. The predicted molar refractivity (Wildman–Crippen MR) is 54.9 cm³/mol. The molecule has 84 valence electrons. The first kappa shape index (κ1) is 11.0. The third-order valence-electron chi connectivity index (χ3n) is 2.86. The van der Waals surface area contributed by atoms with Crippen molar-refractivity contribution in [3.8, 4) is 6.07 Å². The quantitative estimate of drug-likeness (QED) is 0.782. The lowest BCUT2D eigenvalue weighted by molar-refractivity contribution is 0.146. The van der Waals surface area contributed by atoms with E-state index in [0.717, 1.165) is 12.0 Å². The van der Waals surface area contributed by atoms with Crippen LogP contribution < -0.4 is 0 Å². The zero-order valence-electron chi connectivity index (χ0n) is 8.74. The van der Waals surface area contributed by atoms with E-state index >= 15 is 0 Å². The van der Waals surface area contributed by atoms with Crippen molar-refractivity contribution in [1.29, 1.82) is 5.26 Å². The fourth-order valence-corrected chi connectivity index (χ4v) is 1.70. The molecule has 1 aliphatic rings. The summed E-state index contributed by atoms with van der Waals surface area (Å²) >= 11 is 0. The second-order valence-corrected chi connectivity index (χ2v) is 4.18. The first-order valence-electron chi connectivity index (χ1n) is 5.34. The molecule has 0 aromatic carbocycles. The molecular formula is C12H12F2N2. The highest BCUT2D eigenvalue weighted by atomic mass is 19.3. The summed E-state index contributed by atoms with van der Waals surface area (Å²) in [5.41, 5.74) is 0.519. The van der Waals surface area contributed by atoms with Gasteiger partial charge in [-0.3, -0.25) is 4.98 Å². The Kier molecular flexibility index (Phi) is 3.14. The first-order chi connectivity index (χ1) is 7.70.